The number of carbonyl (C=O) groups excluding carboxylic acids is 4. The lowest BCUT2D eigenvalue weighted by molar-refractivity contribution is -0.154. The van der Waals surface area contributed by atoms with E-state index in [1.54, 1.807) is 24.3 Å². The van der Waals surface area contributed by atoms with Crippen molar-refractivity contribution >= 4 is 29.4 Å². The van der Waals surface area contributed by atoms with E-state index in [2.05, 4.69) is 5.32 Å². The lowest BCUT2D eigenvalue weighted by Crippen LogP contribution is -2.38. The van der Waals surface area contributed by atoms with Gasteiger partial charge in [0.05, 0.1) is 18.9 Å². The standard InChI is InChI=1S/C20H20N2O6/c1-27-14-4-2-3-13(8-14)21-15(23)10-28-16(24)9-22-19(25)17-11-5-6-12(7-11)18(17)20(22)26/h2-6,8,11-12,17-18H,7,9-10H2,1H3,(H,21,23)/t11-,12-,17-,18-/m0/s1. The average Bonchev–Trinajstić information content (AvgIpc) is 3.36. The number of nitrogens with one attached hydrogen (secondary N) is 1. The van der Waals surface area contributed by atoms with Crippen molar-refractivity contribution in [3.05, 3.63) is 36.4 Å². The molecule has 2 bridgehead atoms. The molecule has 0 aromatic heterocycles. The number of rotatable bonds is 6. The number of methoxy groups -OCH3 is 1. The van der Waals surface area contributed by atoms with Crippen LogP contribution >= 0.6 is 0 Å². The first-order chi connectivity index (χ1) is 13.5. The molecule has 4 rings (SSSR count). The molecule has 1 aliphatic heterocycles. The molecule has 0 spiro atoms. The van der Waals surface area contributed by atoms with Crippen LogP contribution in [0.2, 0.25) is 0 Å². The van der Waals surface area contributed by atoms with Crippen LogP contribution in [0, 0.1) is 23.7 Å². The second kappa shape index (κ2) is 7.10. The number of hydrogen-bond donors (Lipinski definition) is 1. The minimum absolute atomic E-state index is 0.0844. The zero-order valence-electron chi connectivity index (χ0n) is 15.3. The van der Waals surface area contributed by atoms with Gasteiger partial charge in [-0.15, -0.1) is 0 Å². The van der Waals surface area contributed by atoms with E-state index in [0.29, 0.717) is 11.4 Å². The number of likely N-dealkylation sites (tertiary alicyclic amines) is 1. The van der Waals surface area contributed by atoms with Gasteiger partial charge in [-0.3, -0.25) is 24.1 Å². The van der Waals surface area contributed by atoms with Crippen LogP contribution in [0.4, 0.5) is 5.69 Å². The Hall–Kier alpha value is -3.16. The van der Waals surface area contributed by atoms with Crippen LogP contribution in [0.25, 0.3) is 0 Å². The maximum atomic E-state index is 12.5. The Labute approximate surface area is 161 Å². The quantitative estimate of drug-likeness (QED) is 0.446. The van der Waals surface area contributed by atoms with Gasteiger partial charge >= 0.3 is 5.97 Å². The van der Waals surface area contributed by atoms with Crippen LogP contribution in [0.15, 0.2) is 36.4 Å². The lowest BCUT2D eigenvalue weighted by atomic mass is 9.85. The molecule has 146 valence electrons. The molecule has 28 heavy (non-hydrogen) atoms. The summed E-state index contributed by atoms with van der Waals surface area (Å²) in [5.74, 6) is -1.91. The molecular weight excluding hydrogens is 364 g/mol. The van der Waals surface area contributed by atoms with Crippen molar-refractivity contribution in [2.75, 3.05) is 25.6 Å². The number of anilines is 1. The molecule has 3 aliphatic rings. The SMILES string of the molecule is COc1cccc(NC(=O)COC(=O)CN2C(=O)[C@@H]3[C@@H](C2=O)[C@H]2C=C[C@H]3C2)c1. The van der Waals surface area contributed by atoms with Crippen LogP contribution in [0.1, 0.15) is 6.42 Å². The number of imide groups is 1. The van der Waals surface area contributed by atoms with E-state index in [1.807, 2.05) is 12.2 Å². The fourth-order valence-corrected chi connectivity index (χ4v) is 4.34. The van der Waals surface area contributed by atoms with Crippen LogP contribution < -0.4 is 10.1 Å². The molecule has 2 aliphatic carbocycles. The monoisotopic (exact) mass is 384 g/mol. The molecule has 8 nitrogen and oxygen atoms in total. The molecule has 1 saturated heterocycles. The molecule has 8 heteroatoms. The van der Waals surface area contributed by atoms with Gasteiger partial charge < -0.3 is 14.8 Å². The van der Waals surface area contributed by atoms with Gasteiger partial charge in [0.15, 0.2) is 6.61 Å². The van der Waals surface area contributed by atoms with E-state index < -0.39 is 25.0 Å². The van der Waals surface area contributed by atoms with Gasteiger partial charge in [-0.1, -0.05) is 18.2 Å². The van der Waals surface area contributed by atoms with Gasteiger partial charge in [0.2, 0.25) is 11.8 Å². The molecule has 1 N–H and O–H groups in total. The van der Waals surface area contributed by atoms with Gasteiger partial charge in [0.1, 0.15) is 12.3 Å². The smallest absolute Gasteiger partial charge is 0.326 e. The Bertz CT molecular complexity index is 849. The summed E-state index contributed by atoms with van der Waals surface area (Å²) in [6.45, 7) is -0.970. The number of esters is 1. The van der Waals surface area contributed by atoms with E-state index in [1.165, 1.54) is 7.11 Å². The summed E-state index contributed by atoms with van der Waals surface area (Å²) in [5.41, 5.74) is 0.501. The van der Waals surface area contributed by atoms with E-state index in [0.717, 1.165) is 11.3 Å². The summed E-state index contributed by atoms with van der Waals surface area (Å²) in [7, 11) is 1.51. The molecule has 1 saturated carbocycles. The Balaban J connectivity index is 1.28. The number of hydrogen-bond acceptors (Lipinski definition) is 6. The molecule has 2 fully saturated rings. The maximum absolute atomic E-state index is 12.5. The molecule has 1 aromatic carbocycles. The van der Waals surface area contributed by atoms with Gasteiger partial charge in [-0.2, -0.15) is 0 Å². The minimum Gasteiger partial charge on any atom is -0.497 e. The van der Waals surface area contributed by atoms with Crippen molar-refractivity contribution in [1.82, 2.24) is 4.90 Å². The van der Waals surface area contributed by atoms with Crippen molar-refractivity contribution < 1.29 is 28.7 Å². The van der Waals surface area contributed by atoms with Gasteiger partial charge in [-0.25, -0.2) is 0 Å². The van der Waals surface area contributed by atoms with Gasteiger partial charge in [0, 0.05) is 11.8 Å². The van der Waals surface area contributed by atoms with Crippen LogP contribution in [-0.4, -0.2) is 48.9 Å². The van der Waals surface area contributed by atoms with Gasteiger partial charge in [-0.05, 0) is 30.4 Å². The molecular formula is C20H20N2O6. The van der Waals surface area contributed by atoms with Crippen molar-refractivity contribution in [2.45, 2.75) is 6.42 Å². The second-order valence-corrected chi connectivity index (χ2v) is 7.20. The third-order valence-corrected chi connectivity index (χ3v) is 5.57. The topological polar surface area (TPSA) is 102 Å². The van der Waals surface area contributed by atoms with Crippen molar-refractivity contribution in [3.8, 4) is 5.75 Å². The second-order valence-electron chi connectivity index (χ2n) is 7.20. The summed E-state index contributed by atoms with van der Waals surface area (Å²) in [4.78, 5) is 50.1. The summed E-state index contributed by atoms with van der Waals surface area (Å²) < 4.78 is 10.0. The lowest BCUT2D eigenvalue weighted by Gasteiger charge is -2.16. The van der Waals surface area contributed by atoms with Crippen LogP contribution in [0.3, 0.4) is 0 Å². The highest BCUT2D eigenvalue weighted by Gasteiger charge is 2.59. The number of ether oxygens (including phenoxy) is 2. The van der Waals surface area contributed by atoms with Crippen molar-refractivity contribution in [1.29, 1.82) is 0 Å². The highest BCUT2D eigenvalue weighted by Crippen LogP contribution is 2.52. The number of carbonyl (C=O) groups is 4. The first kappa shape index (κ1) is 18.2. The zero-order chi connectivity index (χ0) is 19.8. The Kier molecular flexibility index (Phi) is 4.62. The summed E-state index contributed by atoms with van der Waals surface area (Å²) in [6, 6.07) is 6.74. The molecule has 3 amide bonds. The third-order valence-electron chi connectivity index (χ3n) is 5.57. The first-order valence-corrected chi connectivity index (χ1v) is 9.11. The molecule has 4 atom stereocenters. The minimum atomic E-state index is -0.789. The fraction of sp³-hybridized carbons (Fsp3) is 0.400. The normalized spacial score (nSPS) is 27.1. The number of allylic oxidation sites excluding steroid dienone is 2. The average molecular weight is 384 g/mol. The van der Waals surface area contributed by atoms with E-state index in [4.69, 9.17) is 9.47 Å². The van der Waals surface area contributed by atoms with Crippen molar-refractivity contribution in [3.63, 3.8) is 0 Å². The molecule has 1 aromatic rings. The maximum Gasteiger partial charge on any atom is 0.326 e. The molecule has 0 radical (unpaired) electrons. The highest BCUT2D eigenvalue weighted by atomic mass is 16.5. The summed E-state index contributed by atoms with van der Waals surface area (Å²) >= 11 is 0. The zero-order valence-corrected chi connectivity index (χ0v) is 15.3. The Morgan fingerprint density at radius 1 is 1.14 bits per heavy atom. The summed E-state index contributed by atoms with van der Waals surface area (Å²) in [6.07, 6.45) is 4.80. The predicted octanol–water partition coefficient (Wildman–Crippen LogP) is 0.984. The number of amides is 3. The van der Waals surface area contributed by atoms with Crippen LogP contribution in [0.5, 0.6) is 5.75 Å². The van der Waals surface area contributed by atoms with Gasteiger partial charge in [0.25, 0.3) is 5.91 Å². The fourth-order valence-electron chi connectivity index (χ4n) is 4.34. The van der Waals surface area contributed by atoms with E-state index in [-0.39, 0.29) is 35.5 Å². The highest BCUT2D eigenvalue weighted by molar-refractivity contribution is 6.08. The number of fused-ring (bicyclic) bond motifs is 5. The van der Waals surface area contributed by atoms with E-state index in [9.17, 15) is 19.2 Å². The van der Waals surface area contributed by atoms with E-state index >= 15 is 0 Å². The molecule has 1 heterocycles. The van der Waals surface area contributed by atoms with Crippen molar-refractivity contribution in [2.24, 2.45) is 23.7 Å². The largest absolute Gasteiger partial charge is 0.497 e. The molecule has 0 unspecified atom stereocenters. The number of nitrogens with zero attached hydrogens (tertiary/aromatic N) is 1. The third kappa shape index (κ3) is 3.15. The Morgan fingerprint density at radius 3 is 2.46 bits per heavy atom. The Morgan fingerprint density at radius 2 is 1.82 bits per heavy atom. The first-order valence-electron chi connectivity index (χ1n) is 9.11. The summed E-state index contributed by atoms with van der Waals surface area (Å²) in [5, 5.41) is 2.58. The predicted molar refractivity (Wildman–Crippen MR) is 97.0 cm³/mol. The number of benzene rings is 1. The van der Waals surface area contributed by atoms with Crippen LogP contribution in [-0.2, 0) is 23.9 Å².